The van der Waals surface area contributed by atoms with Gasteiger partial charge in [-0.2, -0.15) is 0 Å². The minimum atomic E-state index is -0.179. The van der Waals surface area contributed by atoms with E-state index in [0.717, 1.165) is 17.7 Å². The molecule has 0 spiro atoms. The van der Waals surface area contributed by atoms with Gasteiger partial charge < -0.3 is 4.74 Å². The standard InChI is InChI=1S/C11H14O2S/c1-3-4-5-9-6-7-10(14-9)8-11(12)13-2/h3,6-7H,1,4-5,8H2,2H3. The van der Waals surface area contributed by atoms with Gasteiger partial charge in [0.1, 0.15) is 0 Å². The fourth-order valence-electron chi connectivity index (χ4n) is 1.11. The molecule has 0 aliphatic carbocycles. The van der Waals surface area contributed by atoms with E-state index in [1.807, 2.05) is 12.1 Å². The number of methoxy groups -OCH3 is 1. The van der Waals surface area contributed by atoms with E-state index in [4.69, 9.17) is 0 Å². The third-order valence-electron chi connectivity index (χ3n) is 1.86. The summed E-state index contributed by atoms with van der Waals surface area (Å²) in [5, 5.41) is 0. The first-order valence-electron chi connectivity index (χ1n) is 4.51. The number of carbonyl (C=O) groups is 1. The summed E-state index contributed by atoms with van der Waals surface area (Å²) in [6.07, 6.45) is 4.28. The highest BCUT2D eigenvalue weighted by atomic mass is 32.1. The number of thiophene rings is 1. The molecule has 1 heterocycles. The van der Waals surface area contributed by atoms with E-state index in [1.54, 1.807) is 11.3 Å². The fourth-order valence-corrected chi connectivity index (χ4v) is 2.13. The van der Waals surface area contributed by atoms with Gasteiger partial charge in [0, 0.05) is 9.75 Å². The third kappa shape index (κ3) is 3.34. The van der Waals surface area contributed by atoms with E-state index < -0.39 is 0 Å². The zero-order valence-corrected chi connectivity index (χ0v) is 9.10. The van der Waals surface area contributed by atoms with Gasteiger partial charge in [-0.05, 0) is 25.0 Å². The Hall–Kier alpha value is -1.09. The molecule has 0 atom stereocenters. The van der Waals surface area contributed by atoms with Crippen molar-refractivity contribution < 1.29 is 9.53 Å². The van der Waals surface area contributed by atoms with E-state index in [0.29, 0.717) is 6.42 Å². The molecule has 0 saturated carbocycles. The van der Waals surface area contributed by atoms with Gasteiger partial charge in [-0.15, -0.1) is 17.9 Å². The van der Waals surface area contributed by atoms with Gasteiger partial charge >= 0.3 is 5.97 Å². The quantitative estimate of drug-likeness (QED) is 0.551. The second-order valence-electron chi connectivity index (χ2n) is 2.95. The number of esters is 1. The number of rotatable bonds is 5. The Labute approximate surface area is 88.2 Å². The van der Waals surface area contributed by atoms with Gasteiger partial charge in [-0.25, -0.2) is 0 Å². The molecule has 0 aliphatic heterocycles. The van der Waals surface area contributed by atoms with E-state index >= 15 is 0 Å². The molecule has 14 heavy (non-hydrogen) atoms. The van der Waals surface area contributed by atoms with Crippen molar-refractivity contribution in [3.8, 4) is 0 Å². The highest BCUT2D eigenvalue weighted by molar-refractivity contribution is 7.12. The van der Waals surface area contributed by atoms with Crippen LogP contribution in [-0.4, -0.2) is 13.1 Å². The minimum absolute atomic E-state index is 0.179. The molecule has 76 valence electrons. The smallest absolute Gasteiger partial charge is 0.310 e. The van der Waals surface area contributed by atoms with Crippen molar-refractivity contribution >= 4 is 17.3 Å². The summed E-state index contributed by atoms with van der Waals surface area (Å²) in [6.45, 7) is 3.67. The molecule has 0 radical (unpaired) electrons. The van der Waals surface area contributed by atoms with Crippen LogP contribution in [0.15, 0.2) is 24.8 Å². The predicted molar refractivity (Wildman–Crippen MR) is 58.6 cm³/mol. The van der Waals surface area contributed by atoms with Gasteiger partial charge in [0.05, 0.1) is 13.5 Å². The molecular formula is C11H14O2S. The highest BCUT2D eigenvalue weighted by Crippen LogP contribution is 2.18. The average molecular weight is 210 g/mol. The Morgan fingerprint density at radius 2 is 2.29 bits per heavy atom. The van der Waals surface area contributed by atoms with Crippen LogP contribution in [0.5, 0.6) is 0 Å². The molecular weight excluding hydrogens is 196 g/mol. The zero-order chi connectivity index (χ0) is 10.4. The van der Waals surface area contributed by atoms with Crippen molar-refractivity contribution in [3.05, 3.63) is 34.5 Å². The number of allylic oxidation sites excluding steroid dienone is 1. The SMILES string of the molecule is C=CCCc1ccc(CC(=O)OC)s1. The first kappa shape index (κ1) is 11.0. The lowest BCUT2D eigenvalue weighted by molar-refractivity contribution is -0.139. The molecule has 0 unspecified atom stereocenters. The van der Waals surface area contributed by atoms with Crippen molar-refractivity contribution in [3.63, 3.8) is 0 Å². The van der Waals surface area contributed by atoms with Crippen molar-refractivity contribution in [2.45, 2.75) is 19.3 Å². The van der Waals surface area contributed by atoms with Crippen LogP contribution in [0.25, 0.3) is 0 Å². The number of hydrogen-bond acceptors (Lipinski definition) is 3. The van der Waals surface area contributed by atoms with Crippen molar-refractivity contribution in [2.24, 2.45) is 0 Å². The first-order chi connectivity index (χ1) is 6.76. The Morgan fingerprint density at radius 1 is 1.57 bits per heavy atom. The van der Waals surface area contributed by atoms with Gasteiger partial charge in [0.2, 0.25) is 0 Å². The van der Waals surface area contributed by atoms with Crippen molar-refractivity contribution in [1.82, 2.24) is 0 Å². The third-order valence-corrected chi connectivity index (χ3v) is 3.00. The average Bonchev–Trinajstić information content (AvgIpc) is 2.62. The Bertz CT molecular complexity index is 315. The van der Waals surface area contributed by atoms with Crippen LogP contribution in [0.3, 0.4) is 0 Å². The summed E-state index contributed by atoms with van der Waals surface area (Å²) in [4.78, 5) is 13.3. The fraction of sp³-hybridized carbons (Fsp3) is 0.364. The molecule has 0 aromatic carbocycles. The number of carbonyl (C=O) groups excluding carboxylic acids is 1. The van der Waals surface area contributed by atoms with Gasteiger partial charge in [-0.1, -0.05) is 6.08 Å². The Balaban J connectivity index is 2.50. The molecule has 0 N–H and O–H groups in total. The summed E-state index contributed by atoms with van der Waals surface area (Å²) < 4.78 is 4.60. The van der Waals surface area contributed by atoms with E-state index in [-0.39, 0.29) is 5.97 Å². The van der Waals surface area contributed by atoms with Crippen LogP contribution in [-0.2, 0) is 22.4 Å². The van der Waals surface area contributed by atoms with Crippen LogP contribution < -0.4 is 0 Å². The Kier molecular flexibility index (Phi) is 4.40. The van der Waals surface area contributed by atoms with Crippen LogP contribution >= 0.6 is 11.3 Å². The Morgan fingerprint density at radius 3 is 2.93 bits per heavy atom. The molecule has 0 bridgehead atoms. The lowest BCUT2D eigenvalue weighted by Crippen LogP contribution is -2.02. The van der Waals surface area contributed by atoms with E-state index in [2.05, 4.69) is 17.4 Å². The van der Waals surface area contributed by atoms with Crippen molar-refractivity contribution in [2.75, 3.05) is 7.11 Å². The summed E-state index contributed by atoms with van der Waals surface area (Å²) in [7, 11) is 1.41. The topological polar surface area (TPSA) is 26.3 Å². The molecule has 0 fully saturated rings. The molecule has 0 amide bonds. The molecule has 2 nitrogen and oxygen atoms in total. The normalized spacial score (nSPS) is 9.79. The lowest BCUT2D eigenvalue weighted by atomic mass is 10.2. The van der Waals surface area contributed by atoms with Crippen molar-refractivity contribution in [1.29, 1.82) is 0 Å². The number of hydrogen-bond donors (Lipinski definition) is 0. The van der Waals surface area contributed by atoms with E-state index in [9.17, 15) is 4.79 Å². The molecule has 1 aromatic rings. The molecule has 3 heteroatoms. The molecule has 0 aliphatic rings. The predicted octanol–water partition coefficient (Wildman–Crippen LogP) is 2.58. The van der Waals surface area contributed by atoms with Crippen LogP contribution in [0.4, 0.5) is 0 Å². The van der Waals surface area contributed by atoms with Crippen LogP contribution in [0, 0.1) is 0 Å². The maximum absolute atomic E-state index is 11.0. The van der Waals surface area contributed by atoms with Gasteiger partial charge in [-0.3, -0.25) is 4.79 Å². The minimum Gasteiger partial charge on any atom is -0.469 e. The lowest BCUT2D eigenvalue weighted by Gasteiger charge is -1.94. The summed E-state index contributed by atoms with van der Waals surface area (Å²) >= 11 is 1.67. The largest absolute Gasteiger partial charge is 0.469 e. The molecule has 0 saturated heterocycles. The van der Waals surface area contributed by atoms with Gasteiger partial charge in [0.25, 0.3) is 0 Å². The zero-order valence-electron chi connectivity index (χ0n) is 8.29. The summed E-state index contributed by atoms with van der Waals surface area (Å²) in [6, 6.07) is 4.05. The van der Waals surface area contributed by atoms with Gasteiger partial charge in [0.15, 0.2) is 0 Å². The van der Waals surface area contributed by atoms with Crippen LogP contribution in [0.1, 0.15) is 16.2 Å². The number of aryl methyl sites for hydroxylation is 1. The summed E-state index contributed by atoms with van der Waals surface area (Å²) in [5.41, 5.74) is 0. The second-order valence-corrected chi connectivity index (χ2v) is 4.20. The van der Waals surface area contributed by atoms with Crippen LogP contribution in [0.2, 0.25) is 0 Å². The maximum Gasteiger partial charge on any atom is 0.310 e. The number of ether oxygens (including phenoxy) is 1. The first-order valence-corrected chi connectivity index (χ1v) is 5.33. The highest BCUT2D eigenvalue weighted by Gasteiger charge is 2.05. The summed E-state index contributed by atoms with van der Waals surface area (Å²) in [5.74, 6) is -0.179. The molecule has 1 aromatic heterocycles. The van der Waals surface area contributed by atoms with E-state index in [1.165, 1.54) is 12.0 Å². The second kappa shape index (κ2) is 5.60. The monoisotopic (exact) mass is 210 g/mol. The maximum atomic E-state index is 11.0. The molecule has 1 rings (SSSR count).